The van der Waals surface area contributed by atoms with Crippen molar-refractivity contribution in [3.63, 3.8) is 0 Å². The maximum atomic E-state index is 12.2. The number of hydrogen-bond acceptors (Lipinski definition) is 3. The molecule has 0 radical (unpaired) electrons. The van der Waals surface area contributed by atoms with E-state index in [9.17, 15) is 4.79 Å². The topological polar surface area (TPSA) is 49.6 Å². The number of anilines is 2. The van der Waals surface area contributed by atoms with Crippen molar-refractivity contribution in [2.45, 2.75) is 13.3 Å². The van der Waals surface area contributed by atoms with Crippen LogP contribution in [0.25, 0.3) is 0 Å². The summed E-state index contributed by atoms with van der Waals surface area (Å²) in [5.41, 5.74) is 7.62. The minimum absolute atomic E-state index is 0.118. The standard InChI is InChI=1S/C14H21N3O/c1-11-9-16(2)12-5-3-4-6-13(12)17(10-11)14(18)7-8-15/h3-6,11H,7-10,15H2,1-2H3. The number of amides is 1. The zero-order chi connectivity index (χ0) is 13.1. The molecule has 2 rings (SSSR count). The van der Waals surface area contributed by atoms with Crippen LogP contribution < -0.4 is 15.5 Å². The van der Waals surface area contributed by atoms with E-state index < -0.39 is 0 Å². The summed E-state index contributed by atoms with van der Waals surface area (Å²) in [7, 11) is 2.08. The molecule has 98 valence electrons. The summed E-state index contributed by atoms with van der Waals surface area (Å²) in [6.45, 7) is 4.30. The van der Waals surface area contributed by atoms with E-state index in [-0.39, 0.29) is 5.91 Å². The van der Waals surface area contributed by atoms with Gasteiger partial charge in [0.25, 0.3) is 0 Å². The Kier molecular flexibility index (Phi) is 3.87. The first-order valence-corrected chi connectivity index (χ1v) is 6.44. The van der Waals surface area contributed by atoms with E-state index in [1.807, 2.05) is 23.1 Å². The number of nitrogens with zero attached hydrogens (tertiary/aromatic N) is 2. The molecule has 1 amide bonds. The Morgan fingerprint density at radius 1 is 1.33 bits per heavy atom. The highest BCUT2D eigenvalue weighted by molar-refractivity contribution is 5.97. The van der Waals surface area contributed by atoms with Crippen LogP contribution in [0.15, 0.2) is 24.3 Å². The smallest absolute Gasteiger partial charge is 0.228 e. The van der Waals surface area contributed by atoms with Gasteiger partial charge in [-0.3, -0.25) is 4.79 Å². The Morgan fingerprint density at radius 3 is 2.67 bits per heavy atom. The zero-order valence-electron chi connectivity index (χ0n) is 11.1. The fraction of sp³-hybridized carbons (Fsp3) is 0.500. The molecule has 0 aliphatic carbocycles. The molecule has 1 aromatic carbocycles. The molecule has 0 fully saturated rings. The molecule has 1 aliphatic rings. The number of para-hydroxylation sites is 2. The highest BCUT2D eigenvalue weighted by atomic mass is 16.2. The van der Waals surface area contributed by atoms with Gasteiger partial charge < -0.3 is 15.5 Å². The van der Waals surface area contributed by atoms with E-state index in [0.29, 0.717) is 18.9 Å². The maximum absolute atomic E-state index is 12.2. The molecule has 18 heavy (non-hydrogen) atoms. The van der Waals surface area contributed by atoms with E-state index in [1.54, 1.807) is 0 Å². The van der Waals surface area contributed by atoms with Crippen LogP contribution in [0, 0.1) is 5.92 Å². The predicted molar refractivity (Wildman–Crippen MR) is 74.9 cm³/mol. The quantitative estimate of drug-likeness (QED) is 0.860. The highest BCUT2D eigenvalue weighted by Gasteiger charge is 2.25. The van der Waals surface area contributed by atoms with Crippen LogP contribution in [-0.2, 0) is 4.79 Å². The number of nitrogens with two attached hydrogens (primary N) is 1. The van der Waals surface area contributed by atoms with Gasteiger partial charge in [0.15, 0.2) is 0 Å². The molecule has 0 spiro atoms. The average molecular weight is 247 g/mol. The van der Waals surface area contributed by atoms with Gasteiger partial charge >= 0.3 is 0 Å². The normalized spacial score (nSPS) is 19.4. The Bertz CT molecular complexity index is 433. The third kappa shape index (κ3) is 2.48. The van der Waals surface area contributed by atoms with Crippen molar-refractivity contribution in [1.82, 2.24) is 0 Å². The Labute approximate surface area is 108 Å². The van der Waals surface area contributed by atoms with Crippen LogP contribution in [0.1, 0.15) is 13.3 Å². The molecule has 1 unspecified atom stereocenters. The van der Waals surface area contributed by atoms with Crippen molar-refractivity contribution in [1.29, 1.82) is 0 Å². The minimum Gasteiger partial charge on any atom is -0.373 e. The second-order valence-corrected chi connectivity index (χ2v) is 5.02. The first-order valence-electron chi connectivity index (χ1n) is 6.44. The van der Waals surface area contributed by atoms with E-state index in [2.05, 4.69) is 24.9 Å². The van der Waals surface area contributed by atoms with Crippen molar-refractivity contribution in [2.24, 2.45) is 11.7 Å². The number of fused-ring (bicyclic) bond motifs is 1. The van der Waals surface area contributed by atoms with Crippen molar-refractivity contribution in [2.75, 3.05) is 36.5 Å². The molecule has 1 aliphatic heterocycles. The first kappa shape index (κ1) is 12.9. The fourth-order valence-corrected chi connectivity index (χ4v) is 2.54. The molecule has 0 bridgehead atoms. The van der Waals surface area contributed by atoms with Gasteiger partial charge in [-0.25, -0.2) is 0 Å². The second kappa shape index (κ2) is 5.40. The molecule has 0 saturated heterocycles. The van der Waals surface area contributed by atoms with E-state index >= 15 is 0 Å². The van der Waals surface area contributed by atoms with Crippen LogP contribution >= 0.6 is 0 Å². The number of carbonyl (C=O) groups is 1. The molecule has 0 aromatic heterocycles. The van der Waals surface area contributed by atoms with E-state index in [0.717, 1.165) is 24.5 Å². The Morgan fingerprint density at radius 2 is 2.00 bits per heavy atom. The Balaban J connectivity index is 2.39. The van der Waals surface area contributed by atoms with Crippen molar-refractivity contribution in [3.05, 3.63) is 24.3 Å². The first-order chi connectivity index (χ1) is 8.63. The van der Waals surface area contributed by atoms with Crippen molar-refractivity contribution >= 4 is 17.3 Å². The molecule has 1 aromatic rings. The molecular formula is C14H21N3O. The lowest BCUT2D eigenvalue weighted by molar-refractivity contribution is -0.118. The lowest BCUT2D eigenvalue weighted by Gasteiger charge is -2.24. The van der Waals surface area contributed by atoms with Gasteiger partial charge in [-0.05, 0) is 18.1 Å². The molecular weight excluding hydrogens is 226 g/mol. The summed E-state index contributed by atoms with van der Waals surface area (Å²) < 4.78 is 0. The number of hydrogen-bond donors (Lipinski definition) is 1. The van der Waals surface area contributed by atoms with Crippen LogP contribution in [0.4, 0.5) is 11.4 Å². The summed E-state index contributed by atoms with van der Waals surface area (Å²) in [5.74, 6) is 0.566. The average Bonchev–Trinajstić information content (AvgIpc) is 2.47. The minimum atomic E-state index is 0.118. The zero-order valence-corrected chi connectivity index (χ0v) is 11.1. The van der Waals surface area contributed by atoms with E-state index in [1.165, 1.54) is 0 Å². The summed E-state index contributed by atoms with van der Waals surface area (Å²) in [4.78, 5) is 16.3. The summed E-state index contributed by atoms with van der Waals surface area (Å²) >= 11 is 0. The monoisotopic (exact) mass is 247 g/mol. The number of carbonyl (C=O) groups excluding carboxylic acids is 1. The maximum Gasteiger partial charge on any atom is 0.228 e. The van der Waals surface area contributed by atoms with Gasteiger partial charge in [0.2, 0.25) is 5.91 Å². The third-order valence-corrected chi connectivity index (χ3v) is 3.32. The molecule has 1 heterocycles. The number of benzene rings is 1. The molecule has 0 saturated carbocycles. The largest absolute Gasteiger partial charge is 0.373 e. The van der Waals surface area contributed by atoms with Gasteiger partial charge in [0.05, 0.1) is 11.4 Å². The second-order valence-electron chi connectivity index (χ2n) is 5.02. The Hall–Kier alpha value is -1.55. The third-order valence-electron chi connectivity index (χ3n) is 3.32. The SMILES string of the molecule is CC1CN(C)c2ccccc2N(C(=O)CCN)C1. The summed E-state index contributed by atoms with van der Waals surface area (Å²) in [6.07, 6.45) is 0.408. The van der Waals surface area contributed by atoms with Crippen LogP contribution in [-0.4, -0.2) is 32.6 Å². The molecule has 4 nitrogen and oxygen atoms in total. The van der Waals surface area contributed by atoms with Gasteiger partial charge in [0.1, 0.15) is 0 Å². The summed E-state index contributed by atoms with van der Waals surface area (Å²) in [6, 6.07) is 8.07. The predicted octanol–water partition coefficient (Wildman–Crippen LogP) is 1.45. The van der Waals surface area contributed by atoms with Crippen LogP contribution in [0.3, 0.4) is 0 Å². The highest BCUT2D eigenvalue weighted by Crippen LogP contribution is 2.32. The van der Waals surface area contributed by atoms with Crippen LogP contribution in [0.2, 0.25) is 0 Å². The van der Waals surface area contributed by atoms with Gasteiger partial charge in [-0.15, -0.1) is 0 Å². The summed E-state index contributed by atoms with van der Waals surface area (Å²) in [5, 5.41) is 0. The van der Waals surface area contributed by atoms with Gasteiger partial charge in [-0.2, -0.15) is 0 Å². The molecule has 1 atom stereocenters. The molecule has 2 N–H and O–H groups in total. The van der Waals surface area contributed by atoms with Crippen molar-refractivity contribution < 1.29 is 4.79 Å². The van der Waals surface area contributed by atoms with Gasteiger partial charge in [0, 0.05) is 33.1 Å². The lowest BCUT2D eigenvalue weighted by Crippen LogP contribution is -2.35. The van der Waals surface area contributed by atoms with Crippen molar-refractivity contribution in [3.8, 4) is 0 Å². The van der Waals surface area contributed by atoms with E-state index in [4.69, 9.17) is 5.73 Å². The van der Waals surface area contributed by atoms with Crippen LogP contribution in [0.5, 0.6) is 0 Å². The molecule has 4 heteroatoms. The fourth-order valence-electron chi connectivity index (χ4n) is 2.54. The number of rotatable bonds is 2. The van der Waals surface area contributed by atoms with Gasteiger partial charge in [-0.1, -0.05) is 19.1 Å². The lowest BCUT2D eigenvalue weighted by atomic mass is 10.1.